The van der Waals surface area contributed by atoms with Crippen molar-refractivity contribution in [2.24, 2.45) is 0 Å². The summed E-state index contributed by atoms with van der Waals surface area (Å²) in [5.74, 6) is 0. The van der Waals surface area contributed by atoms with Gasteiger partial charge in [0, 0.05) is 0 Å². The summed E-state index contributed by atoms with van der Waals surface area (Å²) in [6.07, 6.45) is 1.87. The minimum atomic E-state index is 1.15. The maximum absolute atomic E-state index is 3.80. The van der Waals surface area contributed by atoms with E-state index in [0.717, 1.165) is 5.56 Å². The molecule has 114 valence electrons. The molecule has 0 fully saturated rings. The third-order valence-electron chi connectivity index (χ3n) is 4.73. The highest BCUT2D eigenvalue weighted by Gasteiger charge is 2.06. The number of benzene rings is 3. The van der Waals surface area contributed by atoms with Crippen LogP contribution in [0.15, 0.2) is 67.2 Å². The van der Waals surface area contributed by atoms with Crippen LogP contribution >= 0.6 is 0 Å². The van der Waals surface area contributed by atoms with Crippen LogP contribution in [-0.4, -0.2) is 0 Å². The molecule has 0 aromatic heterocycles. The van der Waals surface area contributed by atoms with Crippen LogP contribution in [0.1, 0.15) is 22.3 Å². The minimum Gasteiger partial charge on any atom is -0.0985 e. The van der Waals surface area contributed by atoms with Crippen LogP contribution in [-0.2, 0) is 0 Å². The highest BCUT2D eigenvalue weighted by atomic mass is 14.1. The van der Waals surface area contributed by atoms with Crippen molar-refractivity contribution in [3.63, 3.8) is 0 Å². The Bertz CT molecular complexity index is 834. The lowest BCUT2D eigenvalue weighted by atomic mass is 9.93. The molecule has 3 rings (SSSR count). The van der Waals surface area contributed by atoms with E-state index < -0.39 is 0 Å². The molecular formula is C23H22. The normalized spacial score (nSPS) is 10.6. The van der Waals surface area contributed by atoms with E-state index in [0.29, 0.717) is 0 Å². The molecule has 0 heterocycles. The molecule has 0 heteroatoms. The first-order valence-corrected chi connectivity index (χ1v) is 8.00. The number of hydrogen-bond donors (Lipinski definition) is 0. The molecule has 0 saturated heterocycles. The molecule has 0 aliphatic rings. The third kappa shape index (κ3) is 2.98. The second-order valence-electron chi connectivity index (χ2n) is 6.08. The van der Waals surface area contributed by atoms with Crippen LogP contribution < -0.4 is 0 Å². The van der Waals surface area contributed by atoms with Crippen molar-refractivity contribution in [1.82, 2.24) is 0 Å². The van der Waals surface area contributed by atoms with E-state index in [2.05, 4.69) is 88.0 Å². The van der Waals surface area contributed by atoms with Crippen LogP contribution in [0, 0.1) is 20.8 Å². The van der Waals surface area contributed by atoms with Gasteiger partial charge in [0.1, 0.15) is 0 Å². The molecule has 0 nitrogen and oxygen atoms in total. The van der Waals surface area contributed by atoms with Crippen LogP contribution in [0.3, 0.4) is 0 Å². The summed E-state index contributed by atoms with van der Waals surface area (Å²) in [5.41, 5.74) is 10.3. The van der Waals surface area contributed by atoms with Gasteiger partial charge >= 0.3 is 0 Å². The second-order valence-corrected chi connectivity index (χ2v) is 6.08. The summed E-state index contributed by atoms with van der Waals surface area (Å²) in [4.78, 5) is 0. The van der Waals surface area contributed by atoms with E-state index in [9.17, 15) is 0 Å². The quantitative estimate of drug-likeness (QED) is 0.511. The van der Waals surface area contributed by atoms with E-state index >= 15 is 0 Å². The fourth-order valence-corrected chi connectivity index (χ4v) is 2.92. The zero-order valence-corrected chi connectivity index (χ0v) is 14.1. The molecule has 0 bridgehead atoms. The maximum atomic E-state index is 3.80. The molecule has 0 aliphatic heterocycles. The lowest BCUT2D eigenvalue weighted by Gasteiger charge is -2.12. The van der Waals surface area contributed by atoms with E-state index in [4.69, 9.17) is 0 Å². The zero-order chi connectivity index (χ0) is 16.4. The molecule has 0 unspecified atom stereocenters. The monoisotopic (exact) mass is 298 g/mol. The fraction of sp³-hybridized carbons (Fsp3) is 0.130. The van der Waals surface area contributed by atoms with Crippen molar-refractivity contribution < 1.29 is 0 Å². The van der Waals surface area contributed by atoms with Gasteiger partial charge in [0.2, 0.25) is 0 Å². The first-order chi connectivity index (χ1) is 11.1. The van der Waals surface area contributed by atoms with Gasteiger partial charge in [-0.15, -0.1) is 0 Å². The van der Waals surface area contributed by atoms with Gasteiger partial charge in [0.15, 0.2) is 0 Å². The fourth-order valence-electron chi connectivity index (χ4n) is 2.92. The Labute approximate surface area is 139 Å². The molecule has 3 aromatic carbocycles. The predicted octanol–water partition coefficient (Wildman–Crippen LogP) is 6.59. The Kier molecular flexibility index (Phi) is 4.16. The zero-order valence-electron chi connectivity index (χ0n) is 14.1. The molecule has 0 saturated carbocycles. The lowest BCUT2D eigenvalue weighted by molar-refractivity contribution is 1.27. The van der Waals surface area contributed by atoms with Gasteiger partial charge in [0.05, 0.1) is 0 Å². The molecular weight excluding hydrogens is 276 g/mol. The molecule has 23 heavy (non-hydrogen) atoms. The van der Waals surface area contributed by atoms with E-state index in [-0.39, 0.29) is 0 Å². The molecule has 3 aromatic rings. The smallest absolute Gasteiger partial charge is 0.0152 e. The summed E-state index contributed by atoms with van der Waals surface area (Å²) in [5, 5.41) is 0. The van der Waals surface area contributed by atoms with Crippen molar-refractivity contribution in [2.45, 2.75) is 20.8 Å². The second kappa shape index (κ2) is 6.26. The van der Waals surface area contributed by atoms with Gasteiger partial charge in [-0.25, -0.2) is 0 Å². The summed E-state index contributed by atoms with van der Waals surface area (Å²) in [7, 11) is 0. The molecule has 0 aliphatic carbocycles. The van der Waals surface area contributed by atoms with Crippen LogP contribution in [0.25, 0.3) is 28.3 Å². The maximum Gasteiger partial charge on any atom is -0.0152 e. The summed E-state index contributed by atoms with van der Waals surface area (Å²) in [6, 6.07) is 21.8. The van der Waals surface area contributed by atoms with Gasteiger partial charge in [-0.1, -0.05) is 73.3 Å². The highest BCUT2D eigenvalue weighted by Crippen LogP contribution is 2.29. The van der Waals surface area contributed by atoms with Gasteiger partial charge in [-0.05, 0) is 65.3 Å². The number of hydrogen-bond acceptors (Lipinski definition) is 0. The van der Waals surface area contributed by atoms with Crippen molar-refractivity contribution in [3.8, 4) is 22.3 Å². The van der Waals surface area contributed by atoms with Crippen LogP contribution in [0.5, 0.6) is 0 Å². The predicted molar refractivity (Wildman–Crippen MR) is 102 cm³/mol. The average Bonchev–Trinajstić information content (AvgIpc) is 2.60. The van der Waals surface area contributed by atoms with Crippen molar-refractivity contribution in [3.05, 3.63) is 89.5 Å². The first kappa shape index (κ1) is 15.3. The molecule has 0 atom stereocenters. The molecule has 0 N–H and O–H groups in total. The molecule has 0 radical (unpaired) electrons. The van der Waals surface area contributed by atoms with Crippen molar-refractivity contribution in [2.75, 3.05) is 0 Å². The Morgan fingerprint density at radius 3 is 1.70 bits per heavy atom. The van der Waals surface area contributed by atoms with Gasteiger partial charge < -0.3 is 0 Å². The van der Waals surface area contributed by atoms with Gasteiger partial charge in [-0.3, -0.25) is 0 Å². The summed E-state index contributed by atoms with van der Waals surface area (Å²) < 4.78 is 0. The largest absolute Gasteiger partial charge is 0.0985 e. The van der Waals surface area contributed by atoms with E-state index in [1.807, 2.05) is 6.08 Å². The Hall–Kier alpha value is -2.60. The summed E-state index contributed by atoms with van der Waals surface area (Å²) >= 11 is 0. The van der Waals surface area contributed by atoms with Crippen LogP contribution in [0.2, 0.25) is 0 Å². The van der Waals surface area contributed by atoms with Gasteiger partial charge in [-0.2, -0.15) is 0 Å². The highest BCUT2D eigenvalue weighted by molar-refractivity contribution is 5.73. The SMILES string of the molecule is C=Cc1ccc(-c2ccc(-c3ccc(C)c(C)c3C)cc2)cc1. The number of rotatable bonds is 3. The van der Waals surface area contributed by atoms with Crippen molar-refractivity contribution in [1.29, 1.82) is 0 Å². The van der Waals surface area contributed by atoms with E-state index in [1.54, 1.807) is 0 Å². The van der Waals surface area contributed by atoms with E-state index in [1.165, 1.54) is 38.9 Å². The van der Waals surface area contributed by atoms with Crippen molar-refractivity contribution >= 4 is 6.08 Å². The minimum absolute atomic E-state index is 1.15. The topological polar surface area (TPSA) is 0 Å². The first-order valence-electron chi connectivity index (χ1n) is 8.00. The molecule has 0 spiro atoms. The summed E-state index contributed by atoms with van der Waals surface area (Å²) in [6.45, 7) is 10.4. The Morgan fingerprint density at radius 2 is 1.13 bits per heavy atom. The molecule has 0 amide bonds. The standard InChI is InChI=1S/C23H22/c1-5-19-7-9-20(10-8-19)21-11-13-22(14-12-21)23-15-6-16(2)17(3)18(23)4/h5-15H,1H2,2-4H3. The Morgan fingerprint density at radius 1 is 0.609 bits per heavy atom. The van der Waals surface area contributed by atoms with Crippen LogP contribution in [0.4, 0.5) is 0 Å². The third-order valence-corrected chi connectivity index (χ3v) is 4.73. The number of aryl methyl sites for hydroxylation is 1. The Balaban J connectivity index is 1.96. The van der Waals surface area contributed by atoms with Gasteiger partial charge in [0.25, 0.3) is 0 Å². The lowest BCUT2D eigenvalue weighted by Crippen LogP contribution is -1.90. The average molecular weight is 298 g/mol.